The molecule has 1 aromatic rings. The number of hydrogen-bond donors (Lipinski definition) is 0. The van der Waals surface area contributed by atoms with Crippen molar-refractivity contribution in [2.24, 2.45) is 0 Å². The summed E-state index contributed by atoms with van der Waals surface area (Å²) in [4.78, 5) is 3.16. The van der Waals surface area contributed by atoms with Gasteiger partial charge in [-0.1, -0.05) is 0 Å². The first-order valence-corrected chi connectivity index (χ1v) is 4.29. The molecule has 0 spiro atoms. The van der Waals surface area contributed by atoms with Gasteiger partial charge in [-0.25, -0.2) is 6.57 Å². The third kappa shape index (κ3) is 1.95. The van der Waals surface area contributed by atoms with Gasteiger partial charge in [0.25, 0.3) is 0 Å². The van der Waals surface area contributed by atoms with Gasteiger partial charge < -0.3 is 4.85 Å². The van der Waals surface area contributed by atoms with E-state index < -0.39 is 0 Å². The van der Waals surface area contributed by atoms with Gasteiger partial charge in [-0.15, -0.1) is 0 Å². The zero-order valence-corrected chi connectivity index (χ0v) is 7.14. The van der Waals surface area contributed by atoms with Crippen LogP contribution >= 0.6 is 11.3 Å². The van der Waals surface area contributed by atoms with Gasteiger partial charge in [0.1, 0.15) is 0 Å². The van der Waals surface area contributed by atoms with Gasteiger partial charge in [0.15, 0.2) is 0 Å². The van der Waals surface area contributed by atoms with E-state index in [4.69, 9.17) is 11.8 Å². The molecular formula is C9H6N2S. The van der Waals surface area contributed by atoms with E-state index in [1.807, 2.05) is 16.8 Å². The Kier molecular flexibility index (Phi) is 3.07. The van der Waals surface area contributed by atoms with Crippen LogP contribution in [0.1, 0.15) is 5.56 Å². The maximum atomic E-state index is 8.71. The number of nitriles is 1. The second kappa shape index (κ2) is 4.33. The molecule has 0 atom stereocenters. The van der Waals surface area contributed by atoms with E-state index >= 15 is 0 Å². The highest BCUT2D eigenvalue weighted by molar-refractivity contribution is 7.08. The average molecular weight is 174 g/mol. The smallest absolute Gasteiger partial charge is 0.234 e. The summed E-state index contributed by atoms with van der Waals surface area (Å²) in [5, 5.41) is 12.5. The van der Waals surface area contributed by atoms with Crippen LogP contribution in [-0.2, 0) is 0 Å². The Labute approximate surface area is 75.2 Å². The Bertz CT molecular complexity index is 349. The van der Waals surface area contributed by atoms with Crippen molar-refractivity contribution >= 4 is 16.9 Å². The second-order valence-corrected chi connectivity index (χ2v) is 2.86. The number of thiophene rings is 1. The van der Waals surface area contributed by atoms with Crippen LogP contribution in [0.3, 0.4) is 0 Å². The summed E-state index contributed by atoms with van der Waals surface area (Å²) in [7, 11) is 0. The highest BCUT2D eigenvalue weighted by Crippen LogP contribution is 2.16. The minimum atomic E-state index is 0.277. The summed E-state index contributed by atoms with van der Waals surface area (Å²) in [5.74, 6) is 0. The number of rotatable bonds is 2. The quantitative estimate of drug-likeness (QED) is 0.500. The van der Waals surface area contributed by atoms with E-state index in [2.05, 4.69) is 10.9 Å². The zero-order chi connectivity index (χ0) is 8.81. The van der Waals surface area contributed by atoms with E-state index in [-0.39, 0.29) is 6.54 Å². The molecule has 0 aliphatic carbocycles. The lowest BCUT2D eigenvalue weighted by molar-refractivity contribution is 1.49. The van der Waals surface area contributed by atoms with E-state index in [1.165, 1.54) is 0 Å². The maximum absolute atomic E-state index is 8.71. The first-order valence-electron chi connectivity index (χ1n) is 3.34. The maximum Gasteiger partial charge on any atom is 0.234 e. The molecule has 1 aromatic heterocycles. The predicted molar refractivity (Wildman–Crippen MR) is 49.4 cm³/mol. The molecule has 0 aromatic carbocycles. The Balaban J connectivity index is 2.87. The van der Waals surface area contributed by atoms with Gasteiger partial charge in [0, 0.05) is 11.6 Å². The number of allylic oxidation sites excluding steroid dienone is 1. The number of hydrogen-bond acceptors (Lipinski definition) is 2. The van der Waals surface area contributed by atoms with Crippen LogP contribution in [0.25, 0.3) is 10.4 Å². The standard InChI is InChI=1S/C9H6N2S/c1-11-4-2-8(6-10)9-3-5-12-7-9/h2-3,5,7H,4H2/b8-2+. The van der Waals surface area contributed by atoms with Crippen LogP contribution < -0.4 is 0 Å². The monoisotopic (exact) mass is 174 g/mol. The SMILES string of the molecule is [C-]#[N+]C/C=C(\C#N)c1ccsc1. The molecule has 1 rings (SSSR count). The van der Waals surface area contributed by atoms with Crippen molar-refractivity contribution in [2.45, 2.75) is 0 Å². The van der Waals surface area contributed by atoms with Crippen molar-refractivity contribution in [3.63, 3.8) is 0 Å². The molecule has 0 fully saturated rings. The van der Waals surface area contributed by atoms with E-state index in [1.54, 1.807) is 17.4 Å². The third-order valence-electron chi connectivity index (χ3n) is 1.34. The summed E-state index contributed by atoms with van der Waals surface area (Å²) in [6.45, 7) is 6.85. The molecular weight excluding hydrogens is 168 g/mol. The predicted octanol–water partition coefficient (Wildman–Crippen LogP) is 2.57. The van der Waals surface area contributed by atoms with Crippen molar-refractivity contribution in [2.75, 3.05) is 6.54 Å². The fourth-order valence-electron chi connectivity index (χ4n) is 0.783. The van der Waals surface area contributed by atoms with Crippen LogP contribution in [0.15, 0.2) is 22.9 Å². The molecule has 0 unspecified atom stereocenters. The Morgan fingerprint density at radius 1 is 1.83 bits per heavy atom. The Morgan fingerprint density at radius 2 is 2.67 bits per heavy atom. The molecule has 3 heteroatoms. The van der Waals surface area contributed by atoms with Gasteiger partial charge in [0.2, 0.25) is 6.54 Å². The van der Waals surface area contributed by atoms with Gasteiger partial charge in [0.05, 0.1) is 11.6 Å². The molecule has 0 radical (unpaired) electrons. The molecule has 1 heterocycles. The molecule has 0 amide bonds. The lowest BCUT2D eigenvalue weighted by atomic mass is 10.1. The molecule has 0 saturated carbocycles. The summed E-state index contributed by atoms with van der Waals surface area (Å²) >= 11 is 1.55. The fraction of sp³-hybridized carbons (Fsp3) is 0.111. The summed E-state index contributed by atoms with van der Waals surface area (Å²) in [5.41, 5.74) is 1.50. The summed E-state index contributed by atoms with van der Waals surface area (Å²) in [6.07, 6.45) is 1.65. The largest absolute Gasteiger partial charge is 0.312 e. The van der Waals surface area contributed by atoms with Gasteiger partial charge >= 0.3 is 0 Å². The first-order chi connectivity index (χ1) is 5.88. The van der Waals surface area contributed by atoms with Crippen molar-refractivity contribution < 1.29 is 0 Å². The highest BCUT2D eigenvalue weighted by atomic mass is 32.1. The molecule has 58 valence electrons. The topological polar surface area (TPSA) is 28.1 Å². The van der Waals surface area contributed by atoms with Crippen LogP contribution in [-0.4, -0.2) is 6.54 Å². The molecule has 0 aliphatic rings. The van der Waals surface area contributed by atoms with Crippen LogP contribution in [0.4, 0.5) is 0 Å². The van der Waals surface area contributed by atoms with Crippen LogP contribution in [0.2, 0.25) is 0 Å². The summed E-state index contributed by atoms with van der Waals surface area (Å²) < 4.78 is 0. The summed E-state index contributed by atoms with van der Waals surface area (Å²) in [6, 6.07) is 3.94. The minimum Gasteiger partial charge on any atom is -0.312 e. The normalized spacial score (nSPS) is 10.3. The van der Waals surface area contributed by atoms with Crippen molar-refractivity contribution in [1.29, 1.82) is 5.26 Å². The van der Waals surface area contributed by atoms with E-state index in [0.717, 1.165) is 5.56 Å². The van der Waals surface area contributed by atoms with E-state index in [0.29, 0.717) is 5.57 Å². The van der Waals surface area contributed by atoms with Crippen LogP contribution in [0, 0.1) is 17.9 Å². The van der Waals surface area contributed by atoms with Crippen molar-refractivity contribution in [3.05, 3.63) is 39.9 Å². The minimum absolute atomic E-state index is 0.277. The Hall–Kier alpha value is -1.58. The van der Waals surface area contributed by atoms with Crippen molar-refractivity contribution in [1.82, 2.24) is 0 Å². The van der Waals surface area contributed by atoms with E-state index in [9.17, 15) is 0 Å². The lowest BCUT2D eigenvalue weighted by Gasteiger charge is -1.88. The van der Waals surface area contributed by atoms with Gasteiger partial charge in [-0.05, 0) is 16.8 Å². The van der Waals surface area contributed by atoms with Gasteiger partial charge in [-0.2, -0.15) is 16.6 Å². The molecule has 0 bridgehead atoms. The Morgan fingerprint density at radius 3 is 3.17 bits per heavy atom. The first kappa shape index (κ1) is 8.52. The third-order valence-corrected chi connectivity index (χ3v) is 2.02. The lowest BCUT2D eigenvalue weighted by Crippen LogP contribution is -1.77. The zero-order valence-electron chi connectivity index (χ0n) is 6.32. The van der Waals surface area contributed by atoms with Crippen molar-refractivity contribution in [3.8, 4) is 6.07 Å². The number of nitrogens with zero attached hydrogens (tertiary/aromatic N) is 2. The molecule has 0 N–H and O–H groups in total. The molecule has 2 nitrogen and oxygen atoms in total. The molecule has 0 aliphatic heterocycles. The highest BCUT2D eigenvalue weighted by Gasteiger charge is 1.99. The molecule has 0 saturated heterocycles. The molecule has 12 heavy (non-hydrogen) atoms. The van der Waals surface area contributed by atoms with Crippen LogP contribution in [0.5, 0.6) is 0 Å². The fourth-order valence-corrected chi connectivity index (χ4v) is 1.44. The van der Waals surface area contributed by atoms with Gasteiger partial charge in [-0.3, -0.25) is 0 Å². The average Bonchev–Trinajstić information content (AvgIpc) is 2.59. The second-order valence-electron chi connectivity index (χ2n) is 2.08.